The number of amides is 1. The zero-order valence-corrected chi connectivity index (χ0v) is 12.6. The maximum absolute atomic E-state index is 11.9. The lowest BCUT2D eigenvalue weighted by Crippen LogP contribution is -2.51. The van der Waals surface area contributed by atoms with Crippen molar-refractivity contribution in [3.63, 3.8) is 0 Å². The van der Waals surface area contributed by atoms with E-state index in [1.54, 1.807) is 19.1 Å². The summed E-state index contributed by atoms with van der Waals surface area (Å²) in [5, 5.41) is 0. The number of carbonyl (C=O) groups excluding carboxylic acids is 1. The molecule has 0 spiro atoms. The van der Waals surface area contributed by atoms with Gasteiger partial charge in [-0.2, -0.15) is 0 Å². The van der Waals surface area contributed by atoms with Crippen molar-refractivity contribution in [3.05, 3.63) is 23.3 Å². The smallest absolute Gasteiger partial charge is 0.410 e. The standard InChI is InChI=1S/C15H21NO4/c1-15(2)8-10-6-12(18-3)13(19-4)7-11(10)9-16(15)14(17)20-5/h6-7H,8-9H2,1-5H3. The van der Waals surface area contributed by atoms with Crippen LogP contribution in [0.2, 0.25) is 0 Å². The minimum atomic E-state index is -0.310. The number of fused-ring (bicyclic) bond motifs is 1. The van der Waals surface area contributed by atoms with Crippen molar-refractivity contribution in [2.24, 2.45) is 0 Å². The van der Waals surface area contributed by atoms with Gasteiger partial charge in [0.15, 0.2) is 11.5 Å². The third-order valence-corrected chi connectivity index (χ3v) is 3.78. The van der Waals surface area contributed by atoms with Gasteiger partial charge in [0.1, 0.15) is 0 Å². The number of nitrogens with zero attached hydrogens (tertiary/aromatic N) is 1. The van der Waals surface area contributed by atoms with Crippen LogP contribution in [0.25, 0.3) is 0 Å². The molecule has 1 aromatic rings. The van der Waals surface area contributed by atoms with Gasteiger partial charge in [0, 0.05) is 12.1 Å². The topological polar surface area (TPSA) is 48.0 Å². The first-order valence-electron chi connectivity index (χ1n) is 6.52. The molecule has 0 saturated heterocycles. The first kappa shape index (κ1) is 14.5. The van der Waals surface area contributed by atoms with E-state index in [4.69, 9.17) is 14.2 Å². The van der Waals surface area contributed by atoms with Gasteiger partial charge in [0.05, 0.1) is 21.3 Å². The highest BCUT2D eigenvalue weighted by molar-refractivity contribution is 5.69. The fourth-order valence-corrected chi connectivity index (χ4v) is 2.64. The SMILES string of the molecule is COC(=O)N1Cc2cc(OC)c(OC)cc2CC1(C)C. The molecule has 0 atom stereocenters. The van der Waals surface area contributed by atoms with Crippen molar-refractivity contribution >= 4 is 6.09 Å². The van der Waals surface area contributed by atoms with Crippen LogP contribution in [0.3, 0.4) is 0 Å². The molecule has 1 aliphatic rings. The second kappa shape index (κ2) is 5.23. The van der Waals surface area contributed by atoms with Gasteiger partial charge in [0.2, 0.25) is 0 Å². The average molecular weight is 279 g/mol. The Morgan fingerprint density at radius 3 is 2.15 bits per heavy atom. The van der Waals surface area contributed by atoms with Gasteiger partial charge in [-0.25, -0.2) is 4.79 Å². The number of ether oxygens (including phenoxy) is 3. The van der Waals surface area contributed by atoms with E-state index in [-0.39, 0.29) is 11.6 Å². The second-order valence-electron chi connectivity index (χ2n) is 5.52. The molecule has 1 aromatic carbocycles. The van der Waals surface area contributed by atoms with Crippen molar-refractivity contribution in [1.82, 2.24) is 4.90 Å². The highest BCUT2D eigenvalue weighted by atomic mass is 16.5. The molecule has 0 radical (unpaired) electrons. The molecule has 20 heavy (non-hydrogen) atoms. The van der Waals surface area contributed by atoms with Crippen LogP contribution in [0.4, 0.5) is 4.79 Å². The highest BCUT2D eigenvalue weighted by Crippen LogP contribution is 2.37. The quantitative estimate of drug-likeness (QED) is 0.835. The van der Waals surface area contributed by atoms with E-state index in [9.17, 15) is 4.79 Å². The summed E-state index contributed by atoms with van der Waals surface area (Å²) >= 11 is 0. The molecule has 1 aliphatic heterocycles. The second-order valence-corrected chi connectivity index (χ2v) is 5.52. The van der Waals surface area contributed by atoms with E-state index < -0.39 is 0 Å². The molecule has 0 unspecified atom stereocenters. The van der Waals surface area contributed by atoms with Crippen LogP contribution in [0.1, 0.15) is 25.0 Å². The van der Waals surface area contributed by atoms with Crippen LogP contribution in [-0.4, -0.2) is 37.9 Å². The Labute approximate surface area is 119 Å². The summed E-state index contributed by atoms with van der Waals surface area (Å²) in [5.74, 6) is 1.39. The summed E-state index contributed by atoms with van der Waals surface area (Å²) in [5.41, 5.74) is 1.94. The Kier molecular flexibility index (Phi) is 3.79. The lowest BCUT2D eigenvalue weighted by atomic mass is 9.85. The van der Waals surface area contributed by atoms with E-state index in [2.05, 4.69) is 0 Å². The Morgan fingerprint density at radius 2 is 1.65 bits per heavy atom. The molecule has 1 amide bonds. The predicted octanol–water partition coefficient (Wildman–Crippen LogP) is 2.61. The van der Waals surface area contributed by atoms with Crippen LogP contribution in [0, 0.1) is 0 Å². The van der Waals surface area contributed by atoms with Crippen LogP contribution >= 0.6 is 0 Å². The van der Waals surface area contributed by atoms with Gasteiger partial charge < -0.3 is 14.2 Å². The van der Waals surface area contributed by atoms with E-state index in [1.807, 2.05) is 26.0 Å². The molecule has 0 N–H and O–H groups in total. The number of rotatable bonds is 2. The number of carbonyl (C=O) groups is 1. The summed E-state index contributed by atoms with van der Waals surface area (Å²) in [6.07, 6.45) is 0.438. The van der Waals surface area contributed by atoms with Crippen molar-refractivity contribution < 1.29 is 19.0 Å². The van der Waals surface area contributed by atoms with E-state index in [1.165, 1.54) is 12.7 Å². The number of methoxy groups -OCH3 is 3. The number of benzene rings is 1. The monoisotopic (exact) mass is 279 g/mol. The molecule has 1 heterocycles. The Balaban J connectivity index is 2.44. The maximum Gasteiger partial charge on any atom is 0.410 e. The largest absolute Gasteiger partial charge is 0.493 e. The van der Waals surface area contributed by atoms with Gasteiger partial charge in [-0.15, -0.1) is 0 Å². The Bertz CT molecular complexity index is 525. The molecule has 5 nitrogen and oxygen atoms in total. The summed E-state index contributed by atoms with van der Waals surface area (Å²) in [6, 6.07) is 3.92. The van der Waals surface area contributed by atoms with Crippen molar-refractivity contribution in [3.8, 4) is 11.5 Å². The van der Waals surface area contributed by atoms with E-state index in [0.29, 0.717) is 18.0 Å². The number of hydrogen-bond donors (Lipinski definition) is 0. The van der Waals surface area contributed by atoms with Gasteiger partial charge in [-0.1, -0.05) is 0 Å². The molecule has 0 bridgehead atoms. The van der Waals surface area contributed by atoms with Crippen molar-refractivity contribution in [2.75, 3.05) is 21.3 Å². The first-order chi connectivity index (χ1) is 9.42. The third kappa shape index (κ3) is 2.40. The van der Waals surface area contributed by atoms with Crippen LogP contribution < -0.4 is 9.47 Å². The molecule has 5 heteroatoms. The Morgan fingerprint density at radius 1 is 1.10 bits per heavy atom. The normalized spacial score (nSPS) is 16.4. The zero-order chi connectivity index (χ0) is 14.9. The lowest BCUT2D eigenvalue weighted by Gasteiger charge is -2.42. The summed E-state index contributed by atoms with van der Waals surface area (Å²) in [7, 11) is 4.64. The van der Waals surface area contributed by atoms with Gasteiger partial charge in [0.25, 0.3) is 0 Å². The predicted molar refractivity (Wildman–Crippen MR) is 75.3 cm³/mol. The highest BCUT2D eigenvalue weighted by Gasteiger charge is 2.37. The summed E-state index contributed by atoms with van der Waals surface area (Å²) in [4.78, 5) is 13.7. The van der Waals surface area contributed by atoms with Gasteiger partial charge in [-0.05, 0) is 43.5 Å². The molecule has 0 saturated carbocycles. The lowest BCUT2D eigenvalue weighted by molar-refractivity contribution is 0.0655. The third-order valence-electron chi connectivity index (χ3n) is 3.78. The Hall–Kier alpha value is -1.91. The summed E-state index contributed by atoms with van der Waals surface area (Å²) in [6.45, 7) is 4.57. The van der Waals surface area contributed by atoms with Crippen LogP contribution in [0.15, 0.2) is 12.1 Å². The van der Waals surface area contributed by atoms with E-state index in [0.717, 1.165) is 12.0 Å². The molecule has 110 valence electrons. The maximum atomic E-state index is 11.9. The fourth-order valence-electron chi connectivity index (χ4n) is 2.64. The first-order valence-corrected chi connectivity index (χ1v) is 6.52. The fraction of sp³-hybridized carbons (Fsp3) is 0.533. The molecule has 0 aromatic heterocycles. The average Bonchev–Trinajstić information content (AvgIpc) is 2.43. The molecule has 0 fully saturated rings. The molecular formula is C15H21NO4. The van der Waals surface area contributed by atoms with Crippen molar-refractivity contribution in [1.29, 1.82) is 0 Å². The minimum absolute atomic E-state index is 0.292. The number of hydrogen-bond acceptors (Lipinski definition) is 4. The minimum Gasteiger partial charge on any atom is -0.493 e. The van der Waals surface area contributed by atoms with Gasteiger partial charge in [-0.3, -0.25) is 4.90 Å². The molecule has 0 aliphatic carbocycles. The molecule has 2 rings (SSSR count). The van der Waals surface area contributed by atoms with E-state index >= 15 is 0 Å². The van der Waals surface area contributed by atoms with Crippen molar-refractivity contribution in [2.45, 2.75) is 32.4 Å². The van der Waals surface area contributed by atoms with Gasteiger partial charge >= 0.3 is 6.09 Å². The van der Waals surface area contributed by atoms with Crippen LogP contribution in [-0.2, 0) is 17.7 Å². The zero-order valence-electron chi connectivity index (χ0n) is 12.6. The summed E-state index contributed by atoms with van der Waals surface area (Å²) < 4.78 is 15.5. The molecular weight excluding hydrogens is 258 g/mol. The van der Waals surface area contributed by atoms with Crippen LogP contribution in [0.5, 0.6) is 11.5 Å².